The highest BCUT2D eigenvalue weighted by atomic mass is 32.1. The first-order valence-corrected chi connectivity index (χ1v) is 7.01. The summed E-state index contributed by atoms with van der Waals surface area (Å²) in [6.45, 7) is 6.33. The van der Waals surface area contributed by atoms with Crippen molar-refractivity contribution in [1.82, 2.24) is 10.3 Å². The average molecular weight is 256 g/mol. The summed E-state index contributed by atoms with van der Waals surface area (Å²) in [5.41, 5.74) is 1.17. The number of methoxy groups -OCH3 is 1. The molecule has 2 unspecified atom stereocenters. The fourth-order valence-corrected chi connectivity index (χ4v) is 2.75. The van der Waals surface area contributed by atoms with Crippen molar-refractivity contribution in [1.29, 1.82) is 0 Å². The van der Waals surface area contributed by atoms with Gasteiger partial charge in [-0.2, -0.15) is 0 Å². The summed E-state index contributed by atoms with van der Waals surface area (Å²) in [5.74, 6) is 0. The number of aryl methyl sites for hydroxylation is 2. The van der Waals surface area contributed by atoms with Crippen LogP contribution in [0.4, 0.5) is 0 Å². The highest BCUT2D eigenvalue weighted by Crippen LogP contribution is 2.19. The number of hydrogen-bond donors (Lipinski definition) is 1. The van der Waals surface area contributed by atoms with Crippen LogP contribution in [0, 0.1) is 13.8 Å². The zero-order valence-corrected chi connectivity index (χ0v) is 12.4. The number of hydrogen-bond acceptors (Lipinski definition) is 4. The molecule has 0 aromatic carbocycles. The van der Waals surface area contributed by atoms with Gasteiger partial charge in [0.05, 0.1) is 16.8 Å². The first-order valence-electron chi connectivity index (χ1n) is 6.19. The van der Waals surface area contributed by atoms with Gasteiger partial charge in [0.15, 0.2) is 0 Å². The van der Waals surface area contributed by atoms with Crippen LogP contribution in [-0.2, 0) is 11.2 Å². The van der Waals surface area contributed by atoms with Gasteiger partial charge in [0.1, 0.15) is 0 Å². The second-order valence-electron chi connectivity index (χ2n) is 4.56. The molecule has 0 aliphatic heterocycles. The van der Waals surface area contributed by atoms with Crippen molar-refractivity contribution >= 4 is 11.3 Å². The van der Waals surface area contributed by atoms with E-state index < -0.39 is 0 Å². The van der Waals surface area contributed by atoms with Crippen LogP contribution in [0.5, 0.6) is 0 Å². The van der Waals surface area contributed by atoms with Crippen molar-refractivity contribution in [2.24, 2.45) is 0 Å². The van der Waals surface area contributed by atoms with Gasteiger partial charge in [-0.1, -0.05) is 0 Å². The van der Waals surface area contributed by atoms with Crippen LogP contribution in [0.3, 0.4) is 0 Å². The third kappa shape index (κ3) is 4.74. The Kier molecular flexibility index (Phi) is 6.09. The number of likely N-dealkylation sites (N-methyl/N-ethyl adjacent to an activating group) is 1. The summed E-state index contributed by atoms with van der Waals surface area (Å²) < 4.78 is 5.28. The molecule has 0 saturated heterocycles. The van der Waals surface area contributed by atoms with Crippen LogP contribution in [0.1, 0.15) is 35.3 Å². The van der Waals surface area contributed by atoms with E-state index in [0.717, 1.165) is 19.3 Å². The van der Waals surface area contributed by atoms with Crippen LogP contribution >= 0.6 is 11.3 Å². The van der Waals surface area contributed by atoms with Gasteiger partial charge >= 0.3 is 0 Å². The van der Waals surface area contributed by atoms with Crippen molar-refractivity contribution in [3.63, 3.8) is 0 Å². The smallest absolute Gasteiger partial charge is 0.0946 e. The van der Waals surface area contributed by atoms with Gasteiger partial charge in [0.25, 0.3) is 0 Å². The Morgan fingerprint density at radius 1 is 1.35 bits per heavy atom. The van der Waals surface area contributed by atoms with Gasteiger partial charge in [0.2, 0.25) is 0 Å². The van der Waals surface area contributed by atoms with E-state index >= 15 is 0 Å². The molecule has 0 bridgehead atoms. The first-order chi connectivity index (χ1) is 8.06. The molecule has 1 rings (SSSR count). The molecule has 1 aromatic rings. The number of nitrogens with zero attached hydrogens (tertiary/aromatic N) is 1. The molecule has 98 valence electrons. The third-order valence-corrected chi connectivity index (χ3v) is 4.32. The van der Waals surface area contributed by atoms with Crippen molar-refractivity contribution < 1.29 is 4.74 Å². The number of aromatic nitrogens is 1. The predicted molar refractivity (Wildman–Crippen MR) is 73.8 cm³/mol. The number of thiazole rings is 1. The molecule has 0 saturated carbocycles. The van der Waals surface area contributed by atoms with Gasteiger partial charge in [-0.3, -0.25) is 0 Å². The molecule has 4 heteroatoms. The summed E-state index contributed by atoms with van der Waals surface area (Å²) in [7, 11) is 3.79. The molecule has 0 aliphatic rings. The molecular weight excluding hydrogens is 232 g/mol. The van der Waals surface area contributed by atoms with Crippen LogP contribution < -0.4 is 5.32 Å². The highest BCUT2D eigenvalue weighted by molar-refractivity contribution is 7.11. The van der Waals surface area contributed by atoms with Crippen LogP contribution in [0.15, 0.2) is 0 Å². The molecule has 17 heavy (non-hydrogen) atoms. The zero-order chi connectivity index (χ0) is 12.8. The topological polar surface area (TPSA) is 34.1 Å². The van der Waals surface area contributed by atoms with Crippen LogP contribution in [0.2, 0.25) is 0 Å². The minimum absolute atomic E-state index is 0.339. The number of nitrogens with one attached hydrogen (secondary N) is 1. The Hall–Kier alpha value is -0.450. The zero-order valence-electron chi connectivity index (χ0n) is 11.5. The van der Waals surface area contributed by atoms with Crippen LogP contribution in [0.25, 0.3) is 0 Å². The fraction of sp³-hybridized carbons (Fsp3) is 0.769. The van der Waals surface area contributed by atoms with E-state index in [4.69, 9.17) is 4.74 Å². The van der Waals surface area contributed by atoms with Crippen molar-refractivity contribution in [3.05, 3.63) is 15.6 Å². The van der Waals surface area contributed by atoms with Gasteiger partial charge in [0, 0.05) is 24.4 Å². The quantitative estimate of drug-likeness (QED) is 0.814. The summed E-state index contributed by atoms with van der Waals surface area (Å²) in [4.78, 5) is 5.93. The maximum atomic E-state index is 5.28. The lowest BCUT2D eigenvalue weighted by molar-refractivity contribution is 0.106. The summed E-state index contributed by atoms with van der Waals surface area (Å²) in [6, 6.07) is 0.498. The normalized spacial score (nSPS) is 14.9. The average Bonchev–Trinajstić information content (AvgIpc) is 2.63. The molecule has 0 amide bonds. The lowest BCUT2D eigenvalue weighted by Gasteiger charge is -2.17. The lowest BCUT2D eigenvalue weighted by Crippen LogP contribution is -2.28. The van der Waals surface area contributed by atoms with Crippen molar-refractivity contribution in [2.45, 2.75) is 52.2 Å². The molecule has 1 heterocycles. The Bertz CT molecular complexity index is 319. The Labute approximate surface area is 109 Å². The minimum Gasteiger partial charge on any atom is -0.382 e. The standard InChI is InChI=1S/C13H24N2OS/c1-9(16-5)6-7-12(14-4)8-13-15-10(2)11(3)17-13/h9,12,14H,6-8H2,1-5H3. The lowest BCUT2D eigenvalue weighted by atomic mass is 10.1. The van der Waals surface area contributed by atoms with Gasteiger partial charge in [-0.15, -0.1) is 11.3 Å². The van der Waals surface area contributed by atoms with E-state index in [1.54, 1.807) is 7.11 Å². The summed E-state index contributed by atoms with van der Waals surface area (Å²) in [5, 5.41) is 4.61. The van der Waals surface area contributed by atoms with E-state index in [1.807, 2.05) is 18.4 Å². The first kappa shape index (κ1) is 14.6. The second-order valence-corrected chi connectivity index (χ2v) is 5.85. The third-order valence-electron chi connectivity index (χ3n) is 3.23. The fourth-order valence-electron chi connectivity index (χ4n) is 1.74. The highest BCUT2D eigenvalue weighted by Gasteiger charge is 2.12. The second kappa shape index (κ2) is 7.09. The molecular formula is C13H24N2OS. The molecule has 1 aromatic heterocycles. The maximum absolute atomic E-state index is 5.28. The summed E-state index contributed by atoms with van der Waals surface area (Å²) in [6.07, 6.45) is 3.58. The molecule has 0 aliphatic carbocycles. The largest absolute Gasteiger partial charge is 0.382 e. The van der Waals surface area contributed by atoms with E-state index in [0.29, 0.717) is 12.1 Å². The monoisotopic (exact) mass is 256 g/mol. The molecule has 3 nitrogen and oxygen atoms in total. The van der Waals surface area contributed by atoms with E-state index in [2.05, 4.69) is 31.1 Å². The van der Waals surface area contributed by atoms with E-state index in [9.17, 15) is 0 Å². The van der Waals surface area contributed by atoms with E-state index in [1.165, 1.54) is 15.6 Å². The Morgan fingerprint density at radius 3 is 2.53 bits per heavy atom. The van der Waals surface area contributed by atoms with Crippen LogP contribution in [-0.4, -0.2) is 31.3 Å². The van der Waals surface area contributed by atoms with Gasteiger partial charge in [-0.05, 0) is 40.7 Å². The molecule has 2 atom stereocenters. The number of rotatable bonds is 7. The summed E-state index contributed by atoms with van der Waals surface area (Å²) >= 11 is 1.82. The Morgan fingerprint density at radius 2 is 2.06 bits per heavy atom. The molecule has 0 spiro atoms. The van der Waals surface area contributed by atoms with Gasteiger partial charge < -0.3 is 10.1 Å². The molecule has 0 fully saturated rings. The number of ether oxygens (including phenoxy) is 1. The predicted octanol–water partition coefficient (Wildman–Crippen LogP) is 2.71. The SMILES string of the molecule is CNC(CCC(C)OC)Cc1nc(C)c(C)s1. The van der Waals surface area contributed by atoms with E-state index in [-0.39, 0.29) is 0 Å². The maximum Gasteiger partial charge on any atom is 0.0946 e. The van der Waals surface area contributed by atoms with Crippen molar-refractivity contribution in [3.8, 4) is 0 Å². The van der Waals surface area contributed by atoms with Crippen molar-refractivity contribution in [2.75, 3.05) is 14.2 Å². The molecule has 1 N–H and O–H groups in total. The van der Waals surface area contributed by atoms with Gasteiger partial charge in [-0.25, -0.2) is 4.98 Å². The minimum atomic E-state index is 0.339. The molecule has 0 radical (unpaired) electrons. The Balaban J connectivity index is 2.46.